The summed E-state index contributed by atoms with van der Waals surface area (Å²) >= 11 is 2.35. The summed E-state index contributed by atoms with van der Waals surface area (Å²) in [6.07, 6.45) is 0. The van der Waals surface area contributed by atoms with Gasteiger partial charge in [0.25, 0.3) is 0 Å². The van der Waals surface area contributed by atoms with Gasteiger partial charge < -0.3 is 5.11 Å². The van der Waals surface area contributed by atoms with Gasteiger partial charge in [0.15, 0.2) is 0 Å². The van der Waals surface area contributed by atoms with Crippen LogP contribution in [-0.4, -0.2) is 5.11 Å². The van der Waals surface area contributed by atoms with Crippen molar-refractivity contribution in [3.8, 4) is 5.75 Å². The first-order valence-electron chi connectivity index (χ1n) is 3.48. The molecule has 0 spiro atoms. The number of phenolic OH excluding ortho intramolecular Hbond substituents is 1. The van der Waals surface area contributed by atoms with E-state index in [4.69, 9.17) is 0 Å². The Balaban J connectivity index is 3.06. The Bertz CT molecular complexity index is 250. The van der Waals surface area contributed by atoms with Gasteiger partial charge >= 0.3 is 0 Å². The highest BCUT2D eigenvalue weighted by atomic mass is 127. The lowest BCUT2D eigenvalue weighted by Crippen LogP contribution is -2.05. The maximum absolute atomic E-state index is 9.17. The zero-order valence-corrected chi connectivity index (χ0v) is 8.79. The summed E-state index contributed by atoms with van der Waals surface area (Å²) < 4.78 is 0.0938. The monoisotopic (exact) mass is 262 g/mol. The first-order chi connectivity index (χ1) is 5.00. The Kier molecular flexibility index (Phi) is 2.42. The van der Waals surface area contributed by atoms with Gasteiger partial charge in [-0.3, -0.25) is 0 Å². The van der Waals surface area contributed by atoms with E-state index in [-0.39, 0.29) is 3.42 Å². The Hall–Kier alpha value is -0.250. The normalized spacial score (nSPS) is 11.5. The minimum Gasteiger partial charge on any atom is -0.508 e. The molecule has 1 nitrogen and oxygen atoms in total. The molecule has 0 saturated carbocycles. The lowest BCUT2D eigenvalue weighted by Gasteiger charge is -2.16. The lowest BCUT2D eigenvalue weighted by molar-refractivity contribution is 0.474. The van der Waals surface area contributed by atoms with Crippen LogP contribution in [0, 0.1) is 0 Å². The second-order valence-corrected chi connectivity index (χ2v) is 5.72. The van der Waals surface area contributed by atoms with Crippen molar-refractivity contribution in [2.45, 2.75) is 17.3 Å². The molecule has 0 unspecified atom stereocenters. The van der Waals surface area contributed by atoms with Crippen molar-refractivity contribution in [2.75, 3.05) is 0 Å². The van der Waals surface area contributed by atoms with Crippen molar-refractivity contribution in [3.05, 3.63) is 29.8 Å². The van der Waals surface area contributed by atoms with Gasteiger partial charge in [-0.1, -0.05) is 34.7 Å². The molecule has 0 saturated heterocycles. The van der Waals surface area contributed by atoms with Crippen LogP contribution in [0.4, 0.5) is 0 Å². The molecule has 0 aromatic heterocycles. The molecule has 1 aromatic rings. The van der Waals surface area contributed by atoms with Gasteiger partial charge in [-0.25, -0.2) is 0 Å². The van der Waals surface area contributed by atoms with Crippen LogP contribution in [0.5, 0.6) is 5.75 Å². The lowest BCUT2D eigenvalue weighted by atomic mass is 10.0. The van der Waals surface area contributed by atoms with Gasteiger partial charge in [0.05, 0.1) is 0 Å². The molecule has 0 bridgehead atoms. The maximum atomic E-state index is 9.17. The number of rotatable bonds is 1. The number of benzene rings is 1. The highest BCUT2D eigenvalue weighted by Gasteiger charge is 2.15. The molecule has 0 heterocycles. The molecule has 2 heteroatoms. The second kappa shape index (κ2) is 3.01. The standard InChI is InChI=1S/C9H11IO/c1-9(2,10)7-4-3-5-8(11)6-7/h3-6,11H,1-2H3. The fraction of sp³-hybridized carbons (Fsp3) is 0.333. The number of hydrogen-bond acceptors (Lipinski definition) is 1. The molecular formula is C9H11IO. The van der Waals surface area contributed by atoms with E-state index < -0.39 is 0 Å². The van der Waals surface area contributed by atoms with Gasteiger partial charge in [0, 0.05) is 3.42 Å². The highest BCUT2D eigenvalue weighted by molar-refractivity contribution is 14.1. The summed E-state index contributed by atoms with van der Waals surface area (Å²) in [4.78, 5) is 0. The third-order valence-corrected chi connectivity index (χ3v) is 2.16. The van der Waals surface area contributed by atoms with E-state index in [9.17, 15) is 5.11 Å². The molecule has 0 atom stereocenters. The number of phenols is 1. The minimum absolute atomic E-state index is 0.0938. The molecule has 1 N–H and O–H groups in total. The van der Waals surface area contributed by atoms with E-state index in [1.54, 1.807) is 12.1 Å². The molecule has 11 heavy (non-hydrogen) atoms. The first-order valence-corrected chi connectivity index (χ1v) is 4.56. The van der Waals surface area contributed by atoms with Crippen molar-refractivity contribution in [3.63, 3.8) is 0 Å². The van der Waals surface area contributed by atoms with Gasteiger partial charge in [-0.05, 0) is 31.5 Å². The quantitative estimate of drug-likeness (QED) is 0.609. The van der Waals surface area contributed by atoms with E-state index >= 15 is 0 Å². The zero-order chi connectivity index (χ0) is 8.48. The average Bonchev–Trinajstić information content (AvgIpc) is 1.86. The van der Waals surface area contributed by atoms with Crippen molar-refractivity contribution < 1.29 is 5.11 Å². The van der Waals surface area contributed by atoms with Crippen molar-refractivity contribution in [1.82, 2.24) is 0 Å². The fourth-order valence-corrected chi connectivity index (χ4v) is 1.21. The zero-order valence-electron chi connectivity index (χ0n) is 6.63. The smallest absolute Gasteiger partial charge is 0.115 e. The molecule has 0 radical (unpaired) electrons. The van der Waals surface area contributed by atoms with E-state index in [0.717, 1.165) is 5.56 Å². The fourth-order valence-electron chi connectivity index (χ4n) is 0.876. The summed E-state index contributed by atoms with van der Waals surface area (Å²) in [5.74, 6) is 0.340. The summed E-state index contributed by atoms with van der Waals surface area (Å²) in [5, 5.41) is 9.17. The topological polar surface area (TPSA) is 20.2 Å². The SMILES string of the molecule is CC(C)(I)c1cccc(O)c1. The third kappa shape index (κ3) is 2.36. The van der Waals surface area contributed by atoms with Crippen LogP contribution in [-0.2, 0) is 3.42 Å². The molecule has 60 valence electrons. The van der Waals surface area contributed by atoms with E-state index in [2.05, 4.69) is 36.4 Å². The highest BCUT2D eigenvalue weighted by Crippen LogP contribution is 2.31. The number of aromatic hydroxyl groups is 1. The first kappa shape index (κ1) is 8.84. The number of halogens is 1. The van der Waals surface area contributed by atoms with Crippen LogP contribution >= 0.6 is 22.6 Å². The summed E-state index contributed by atoms with van der Waals surface area (Å²) in [5.41, 5.74) is 1.15. The Morgan fingerprint density at radius 2 is 2.00 bits per heavy atom. The number of hydrogen-bond donors (Lipinski definition) is 1. The summed E-state index contributed by atoms with van der Waals surface area (Å²) in [6, 6.07) is 7.37. The maximum Gasteiger partial charge on any atom is 0.115 e. The van der Waals surface area contributed by atoms with Crippen LogP contribution < -0.4 is 0 Å². The van der Waals surface area contributed by atoms with Crippen LogP contribution in [0.1, 0.15) is 19.4 Å². The summed E-state index contributed by atoms with van der Waals surface area (Å²) in [6.45, 7) is 4.23. The van der Waals surface area contributed by atoms with Crippen LogP contribution in [0.15, 0.2) is 24.3 Å². The van der Waals surface area contributed by atoms with Gasteiger partial charge in [-0.15, -0.1) is 0 Å². The van der Waals surface area contributed by atoms with Crippen LogP contribution in [0.25, 0.3) is 0 Å². The molecule has 1 aromatic carbocycles. The van der Waals surface area contributed by atoms with E-state index in [1.807, 2.05) is 12.1 Å². The molecule has 0 amide bonds. The Labute approximate surface area is 80.6 Å². The van der Waals surface area contributed by atoms with E-state index in [1.165, 1.54) is 0 Å². The summed E-state index contributed by atoms with van der Waals surface area (Å²) in [7, 11) is 0. The predicted octanol–water partition coefficient (Wildman–Crippen LogP) is 3.06. The Morgan fingerprint density at radius 3 is 2.36 bits per heavy atom. The third-order valence-electron chi connectivity index (χ3n) is 1.53. The molecular weight excluding hydrogens is 251 g/mol. The molecule has 0 aliphatic carbocycles. The van der Waals surface area contributed by atoms with Crippen molar-refractivity contribution >= 4 is 22.6 Å². The average molecular weight is 262 g/mol. The van der Waals surface area contributed by atoms with Crippen molar-refractivity contribution in [2.24, 2.45) is 0 Å². The van der Waals surface area contributed by atoms with Gasteiger partial charge in [0.1, 0.15) is 5.75 Å². The molecule has 0 fully saturated rings. The van der Waals surface area contributed by atoms with Crippen LogP contribution in [0.2, 0.25) is 0 Å². The van der Waals surface area contributed by atoms with Gasteiger partial charge in [0.2, 0.25) is 0 Å². The second-order valence-electron chi connectivity index (χ2n) is 3.02. The molecule has 0 aliphatic heterocycles. The van der Waals surface area contributed by atoms with Crippen LogP contribution in [0.3, 0.4) is 0 Å². The van der Waals surface area contributed by atoms with E-state index in [0.29, 0.717) is 5.75 Å². The molecule has 0 aliphatic rings. The predicted molar refractivity (Wildman–Crippen MR) is 55.2 cm³/mol. The largest absolute Gasteiger partial charge is 0.508 e. The molecule has 1 rings (SSSR count). The van der Waals surface area contributed by atoms with Gasteiger partial charge in [-0.2, -0.15) is 0 Å². The van der Waals surface area contributed by atoms with Crippen molar-refractivity contribution in [1.29, 1.82) is 0 Å². The number of alkyl halides is 1. The minimum atomic E-state index is 0.0938. The Morgan fingerprint density at radius 1 is 1.36 bits per heavy atom.